The van der Waals surface area contributed by atoms with Crippen LogP contribution in [0.2, 0.25) is 0 Å². The minimum Gasteiger partial charge on any atom is -0.383 e. The minimum atomic E-state index is -0.520. The van der Waals surface area contributed by atoms with E-state index in [0.29, 0.717) is 22.5 Å². The van der Waals surface area contributed by atoms with Gasteiger partial charge in [-0.25, -0.2) is 14.8 Å². The number of pyridine rings is 1. The molecule has 100 valence electrons. The second kappa shape index (κ2) is 5.34. The maximum absolute atomic E-state index is 14.2. The lowest BCUT2D eigenvalue weighted by Gasteiger charge is -2.21. The van der Waals surface area contributed by atoms with Gasteiger partial charge in [0.15, 0.2) is 0 Å². The number of rotatable bonds is 3. The molecule has 5 N–H and O–H groups in total. The molecular formula is C14H17FN4. The normalized spacial score (nSPS) is 12.4. The molecule has 5 heteroatoms. The van der Waals surface area contributed by atoms with Crippen LogP contribution in [0.5, 0.6) is 0 Å². The summed E-state index contributed by atoms with van der Waals surface area (Å²) in [5, 5.41) is 0. The van der Waals surface area contributed by atoms with E-state index in [1.807, 2.05) is 13.0 Å². The number of hydrazine groups is 1. The Kier molecular flexibility index (Phi) is 3.78. The number of hydrogen-bond acceptors (Lipinski definition) is 4. The van der Waals surface area contributed by atoms with E-state index < -0.39 is 6.04 Å². The molecule has 2 aromatic rings. The summed E-state index contributed by atoms with van der Waals surface area (Å²) in [4.78, 5) is 4.05. The first kappa shape index (κ1) is 13.5. The smallest absolute Gasteiger partial charge is 0.131 e. The lowest BCUT2D eigenvalue weighted by atomic mass is 9.94. The highest BCUT2D eigenvalue weighted by Gasteiger charge is 2.21. The molecule has 1 unspecified atom stereocenters. The van der Waals surface area contributed by atoms with Crippen molar-refractivity contribution < 1.29 is 4.39 Å². The lowest BCUT2D eigenvalue weighted by molar-refractivity contribution is 0.553. The maximum Gasteiger partial charge on any atom is 0.131 e. The Bertz CT molecular complexity index is 578. The number of nitrogen functional groups attached to an aromatic ring is 1. The molecule has 0 spiro atoms. The summed E-state index contributed by atoms with van der Waals surface area (Å²) in [6, 6.07) is 6.50. The summed E-state index contributed by atoms with van der Waals surface area (Å²) in [7, 11) is 0. The highest BCUT2D eigenvalue weighted by molar-refractivity contribution is 5.50. The Hall–Kier alpha value is -1.98. The molecule has 0 aliphatic carbocycles. The highest BCUT2D eigenvalue weighted by atomic mass is 19.1. The summed E-state index contributed by atoms with van der Waals surface area (Å²) < 4.78 is 14.2. The zero-order valence-electron chi connectivity index (χ0n) is 10.9. The van der Waals surface area contributed by atoms with E-state index in [4.69, 9.17) is 11.6 Å². The molecule has 1 atom stereocenters. The first-order valence-corrected chi connectivity index (χ1v) is 5.98. The van der Waals surface area contributed by atoms with Crippen molar-refractivity contribution in [3.63, 3.8) is 0 Å². The topological polar surface area (TPSA) is 77.0 Å². The summed E-state index contributed by atoms with van der Waals surface area (Å²) in [6.07, 6.45) is 1.62. The Balaban J connectivity index is 2.60. The number of benzene rings is 1. The molecule has 4 nitrogen and oxygen atoms in total. The zero-order chi connectivity index (χ0) is 14.0. The van der Waals surface area contributed by atoms with Crippen molar-refractivity contribution in [3.8, 4) is 0 Å². The van der Waals surface area contributed by atoms with Crippen LogP contribution in [0, 0.1) is 19.7 Å². The van der Waals surface area contributed by atoms with Crippen molar-refractivity contribution in [2.24, 2.45) is 5.84 Å². The van der Waals surface area contributed by atoms with Gasteiger partial charge in [0.1, 0.15) is 11.6 Å². The third-order valence-corrected chi connectivity index (χ3v) is 3.23. The number of nitrogens with one attached hydrogen (secondary N) is 1. The molecule has 1 aromatic heterocycles. The Morgan fingerprint density at radius 1 is 1.21 bits per heavy atom. The van der Waals surface area contributed by atoms with Gasteiger partial charge in [0.05, 0.1) is 6.04 Å². The van der Waals surface area contributed by atoms with Crippen molar-refractivity contribution in [1.29, 1.82) is 0 Å². The van der Waals surface area contributed by atoms with E-state index >= 15 is 0 Å². The first-order valence-electron chi connectivity index (χ1n) is 5.98. The van der Waals surface area contributed by atoms with Gasteiger partial charge in [0.25, 0.3) is 0 Å². The van der Waals surface area contributed by atoms with Gasteiger partial charge in [0.2, 0.25) is 0 Å². The average molecular weight is 260 g/mol. The van der Waals surface area contributed by atoms with Crippen molar-refractivity contribution in [3.05, 3.63) is 58.5 Å². The lowest BCUT2D eigenvalue weighted by Crippen LogP contribution is -2.31. The van der Waals surface area contributed by atoms with E-state index in [-0.39, 0.29) is 5.82 Å². The molecule has 0 amide bonds. The van der Waals surface area contributed by atoms with Crippen molar-refractivity contribution in [2.75, 3.05) is 5.73 Å². The molecule has 2 rings (SSSR count). The fourth-order valence-electron chi connectivity index (χ4n) is 2.19. The van der Waals surface area contributed by atoms with Crippen LogP contribution in [-0.2, 0) is 0 Å². The maximum atomic E-state index is 14.2. The van der Waals surface area contributed by atoms with E-state index in [1.54, 1.807) is 31.3 Å². The van der Waals surface area contributed by atoms with Gasteiger partial charge in [0, 0.05) is 17.3 Å². The Labute approximate surface area is 111 Å². The molecule has 1 heterocycles. The summed E-state index contributed by atoms with van der Waals surface area (Å²) in [6.45, 7) is 3.61. The Morgan fingerprint density at radius 3 is 2.58 bits per heavy atom. The molecule has 0 radical (unpaired) electrons. The van der Waals surface area contributed by atoms with Gasteiger partial charge in [-0.1, -0.05) is 18.2 Å². The van der Waals surface area contributed by atoms with Crippen LogP contribution >= 0.6 is 0 Å². The molecule has 0 bridgehead atoms. The SMILES string of the molecule is Cc1cccc(C(NN)c2c(C)ccnc2N)c1F. The summed E-state index contributed by atoms with van der Waals surface area (Å²) in [5.41, 5.74) is 11.2. The van der Waals surface area contributed by atoms with Crippen LogP contribution in [0.1, 0.15) is 28.3 Å². The van der Waals surface area contributed by atoms with Crippen LogP contribution in [0.15, 0.2) is 30.5 Å². The predicted octanol–water partition coefficient (Wildman–Crippen LogP) is 1.97. The molecule has 0 aliphatic heterocycles. The number of nitrogens with two attached hydrogens (primary N) is 2. The number of hydrogen-bond donors (Lipinski definition) is 3. The second-order valence-corrected chi connectivity index (χ2v) is 4.50. The molecule has 0 saturated carbocycles. The summed E-state index contributed by atoms with van der Waals surface area (Å²) >= 11 is 0. The van der Waals surface area contributed by atoms with Gasteiger partial charge in [-0.3, -0.25) is 5.84 Å². The quantitative estimate of drug-likeness (QED) is 0.582. The van der Waals surface area contributed by atoms with Crippen LogP contribution in [0.3, 0.4) is 0 Å². The van der Waals surface area contributed by atoms with Gasteiger partial charge in [-0.2, -0.15) is 0 Å². The minimum absolute atomic E-state index is 0.284. The molecule has 0 fully saturated rings. The number of anilines is 1. The van der Waals surface area contributed by atoms with E-state index in [9.17, 15) is 4.39 Å². The Morgan fingerprint density at radius 2 is 1.95 bits per heavy atom. The third kappa shape index (κ3) is 2.43. The van der Waals surface area contributed by atoms with Gasteiger partial charge >= 0.3 is 0 Å². The van der Waals surface area contributed by atoms with Crippen LogP contribution in [0.25, 0.3) is 0 Å². The second-order valence-electron chi connectivity index (χ2n) is 4.50. The van der Waals surface area contributed by atoms with Gasteiger partial charge in [-0.05, 0) is 31.0 Å². The molecule has 19 heavy (non-hydrogen) atoms. The standard InChI is InChI=1S/C14H17FN4/c1-8-6-7-18-14(16)11(8)13(19-17)10-5-3-4-9(2)12(10)15/h3-7,13,19H,17H2,1-2H3,(H2,16,18). The van der Waals surface area contributed by atoms with Crippen molar-refractivity contribution in [1.82, 2.24) is 10.4 Å². The number of aromatic nitrogens is 1. The van der Waals surface area contributed by atoms with Gasteiger partial charge < -0.3 is 5.73 Å². The largest absolute Gasteiger partial charge is 0.383 e. The van der Waals surface area contributed by atoms with Crippen LogP contribution in [0.4, 0.5) is 10.2 Å². The van der Waals surface area contributed by atoms with E-state index in [2.05, 4.69) is 10.4 Å². The van der Waals surface area contributed by atoms with E-state index in [0.717, 1.165) is 5.56 Å². The number of aryl methyl sites for hydroxylation is 2. The highest BCUT2D eigenvalue weighted by Crippen LogP contribution is 2.30. The fraction of sp³-hybridized carbons (Fsp3) is 0.214. The zero-order valence-corrected chi connectivity index (χ0v) is 10.9. The molecular weight excluding hydrogens is 243 g/mol. The van der Waals surface area contributed by atoms with Crippen LogP contribution in [-0.4, -0.2) is 4.98 Å². The van der Waals surface area contributed by atoms with E-state index in [1.165, 1.54) is 0 Å². The molecule has 0 aliphatic rings. The number of nitrogens with zero attached hydrogens (tertiary/aromatic N) is 1. The monoisotopic (exact) mass is 260 g/mol. The third-order valence-electron chi connectivity index (χ3n) is 3.23. The fourth-order valence-corrected chi connectivity index (χ4v) is 2.19. The van der Waals surface area contributed by atoms with Crippen molar-refractivity contribution in [2.45, 2.75) is 19.9 Å². The molecule has 0 saturated heterocycles. The van der Waals surface area contributed by atoms with Crippen molar-refractivity contribution >= 4 is 5.82 Å². The molecule has 1 aromatic carbocycles. The van der Waals surface area contributed by atoms with Crippen LogP contribution < -0.4 is 17.0 Å². The summed E-state index contributed by atoms with van der Waals surface area (Å²) in [5.74, 6) is 5.66. The number of halogens is 1. The van der Waals surface area contributed by atoms with Gasteiger partial charge in [-0.15, -0.1) is 0 Å². The predicted molar refractivity (Wildman–Crippen MR) is 73.7 cm³/mol. The average Bonchev–Trinajstić information content (AvgIpc) is 2.38. The first-order chi connectivity index (χ1) is 9.06.